The second-order valence-electron chi connectivity index (χ2n) is 5.23. The molecule has 21 heavy (non-hydrogen) atoms. The van der Waals surface area contributed by atoms with Gasteiger partial charge < -0.3 is 10.1 Å². The van der Waals surface area contributed by atoms with E-state index < -0.39 is 20.9 Å². The molecule has 0 saturated carbocycles. The molecule has 1 aromatic carbocycles. The Kier molecular flexibility index (Phi) is 6.61. The van der Waals surface area contributed by atoms with Gasteiger partial charge in [-0.2, -0.15) is 0 Å². The molecule has 0 heterocycles. The van der Waals surface area contributed by atoms with Gasteiger partial charge in [-0.25, -0.2) is 12.8 Å². The minimum atomic E-state index is -3.17. The van der Waals surface area contributed by atoms with Crippen LogP contribution in [0.5, 0.6) is 5.75 Å². The van der Waals surface area contributed by atoms with E-state index >= 15 is 0 Å². The summed E-state index contributed by atoms with van der Waals surface area (Å²) in [5.41, 5.74) is 0.830. The topological polar surface area (TPSA) is 55.4 Å². The first kappa shape index (κ1) is 17.9. The molecule has 4 nitrogen and oxygen atoms in total. The summed E-state index contributed by atoms with van der Waals surface area (Å²) in [4.78, 5) is 0. The molecule has 6 heteroatoms. The zero-order valence-electron chi connectivity index (χ0n) is 13.0. The smallest absolute Gasteiger partial charge is 0.165 e. The van der Waals surface area contributed by atoms with E-state index in [0.29, 0.717) is 0 Å². The molecule has 0 aliphatic rings. The molecule has 0 aliphatic heterocycles. The monoisotopic (exact) mass is 317 g/mol. The highest BCUT2D eigenvalue weighted by Crippen LogP contribution is 2.22. The van der Waals surface area contributed by atoms with Crippen LogP contribution in [0.15, 0.2) is 18.2 Å². The van der Waals surface area contributed by atoms with E-state index in [1.54, 1.807) is 26.0 Å². The first-order valence-corrected chi connectivity index (χ1v) is 8.86. The van der Waals surface area contributed by atoms with Gasteiger partial charge in [0.25, 0.3) is 0 Å². The maximum Gasteiger partial charge on any atom is 0.165 e. The summed E-state index contributed by atoms with van der Waals surface area (Å²) < 4.78 is 42.4. The van der Waals surface area contributed by atoms with Crippen LogP contribution < -0.4 is 10.1 Å². The second kappa shape index (κ2) is 7.75. The summed E-state index contributed by atoms with van der Waals surface area (Å²) in [6, 6.07) is 4.79. The molecule has 0 aliphatic carbocycles. The fraction of sp³-hybridized carbons (Fsp3) is 0.600. The number of hydrogen-bond acceptors (Lipinski definition) is 4. The van der Waals surface area contributed by atoms with E-state index in [9.17, 15) is 12.8 Å². The van der Waals surface area contributed by atoms with Gasteiger partial charge >= 0.3 is 0 Å². The number of ether oxygens (including phenoxy) is 1. The first-order valence-electron chi connectivity index (χ1n) is 7.15. The van der Waals surface area contributed by atoms with Crippen molar-refractivity contribution in [1.29, 1.82) is 0 Å². The van der Waals surface area contributed by atoms with E-state index in [1.165, 1.54) is 6.07 Å². The average Bonchev–Trinajstić information content (AvgIpc) is 2.40. The third-order valence-electron chi connectivity index (χ3n) is 3.31. The molecule has 1 aromatic rings. The normalized spacial score (nSPS) is 13.4. The Labute approximate surface area is 126 Å². The standard InChI is InChI=1S/C15H24FNO3S/c1-5-17-12(4)13-6-7-15(14(16)10-13)20-8-9-21(18,19)11(2)3/h6-7,10-12,17H,5,8-9H2,1-4H3. The van der Waals surface area contributed by atoms with E-state index in [2.05, 4.69) is 5.32 Å². The molecule has 1 rings (SSSR count). The maximum absolute atomic E-state index is 13.9. The summed E-state index contributed by atoms with van der Waals surface area (Å²) in [7, 11) is -3.17. The molecule has 120 valence electrons. The van der Waals surface area contributed by atoms with Crippen LogP contribution in [-0.4, -0.2) is 32.6 Å². The largest absolute Gasteiger partial charge is 0.489 e. The van der Waals surface area contributed by atoms with Crippen LogP contribution >= 0.6 is 0 Å². The zero-order chi connectivity index (χ0) is 16.0. The van der Waals surface area contributed by atoms with Gasteiger partial charge in [0.15, 0.2) is 21.4 Å². The summed E-state index contributed by atoms with van der Waals surface area (Å²) in [5, 5.41) is 2.75. The van der Waals surface area contributed by atoms with E-state index in [-0.39, 0.29) is 24.2 Å². The maximum atomic E-state index is 13.9. The second-order valence-corrected chi connectivity index (χ2v) is 7.91. The molecule has 0 radical (unpaired) electrons. The Hall–Kier alpha value is -1.14. The lowest BCUT2D eigenvalue weighted by Gasteiger charge is -2.14. The van der Waals surface area contributed by atoms with Gasteiger partial charge in [0.2, 0.25) is 0 Å². The predicted molar refractivity (Wildman–Crippen MR) is 82.9 cm³/mol. The van der Waals surface area contributed by atoms with Gasteiger partial charge in [-0.3, -0.25) is 0 Å². The quantitative estimate of drug-likeness (QED) is 0.801. The van der Waals surface area contributed by atoms with Crippen molar-refractivity contribution in [1.82, 2.24) is 5.32 Å². The van der Waals surface area contributed by atoms with Gasteiger partial charge in [-0.05, 0) is 45.0 Å². The Morgan fingerprint density at radius 3 is 2.48 bits per heavy atom. The van der Waals surface area contributed by atoms with Crippen molar-refractivity contribution in [2.45, 2.75) is 39.0 Å². The van der Waals surface area contributed by atoms with Crippen molar-refractivity contribution in [3.05, 3.63) is 29.6 Å². The van der Waals surface area contributed by atoms with Crippen molar-refractivity contribution >= 4 is 9.84 Å². The molecular formula is C15H24FNO3S. The van der Waals surface area contributed by atoms with E-state index in [1.807, 2.05) is 13.8 Å². The summed E-state index contributed by atoms with van der Waals surface area (Å²) >= 11 is 0. The predicted octanol–water partition coefficient (Wildman–Crippen LogP) is 2.70. The van der Waals surface area contributed by atoms with Gasteiger partial charge in [0, 0.05) is 6.04 Å². The van der Waals surface area contributed by atoms with Crippen LogP contribution in [0.25, 0.3) is 0 Å². The van der Waals surface area contributed by atoms with E-state index in [0.717, 1.165) is 12.1 Å². The minimum absolute atomic E-state index is 0.0421. The zero-order valence-corrected chi connectivity index (χ0v) is 13.8. The SMILES string of the molecule is CCNC(C)c1ccc(OCCS(=O)(=O)C(C)C)c(F)c1. The van der Waals surface area contributed by atoms with Crippen LogP contribution in [-0.2, 0) is 9.84 Å². The Balaban J connectivity index is 2.65. The van der Waals surface area contributed by atoms with Gasteiger partial charge in [-0.1, -0.05) is 13.0 Å². The van der Waals surface area contributed by atoms with Gasteiger partial charge in [-0.15, -0.1) is 0 Å². The Morgan fingerprint density at radius 1 is 1.29 bits per heavy atom. The third-order valence-corrected chi connectivity index (χ3v) is 5.48. The molecule has 0 fully saturated rings. The van der Waals surface area contributed by atoms with Gasteiger partial charge in [0.1, 0.15) is 6.61 Å². The molecule has 1 unspecified atom stereocenters. The average molecular weight is 317 g/mol. The van der Waals surface area contributed by atoms with Crippen LogP contribution in [0.1, 0.15) is 39.3 Å². The fourth-order valence-electron chi connectivity index (χ4n) is 1.83. The van der Waals surface area contributed by atoms with Crippen LogP contribution in [0.4, 0.5) is 4.39 Å². The molecule has 1 N–H and O–H groups in total. The lowest BCUT2D eigenvalue weighted by molar-refractivity contribution is 0.321. The van der Waals surface area contributed by atoms with Crippen molar-refractivity contribution in [2.75, 3.05) is 18.9 Å². The van der Waals surface area contributed by atoms with Crippen LogP contribution in [0, 0.1) is 5.82 Å². The number of rotatable bonds is 8. The molecule has 0 aromatic heterocycles. The number of benzene rings is 1. The number of hydrogen-bond donors (Lipinski definition) is 1. The van der Waals surface area contributed by atoms with E-state index in [4.69, 9.17) is 4.74 Å². The lowest BCUT2D eigenvalue weighted by Crippen LogP contribution is -2.22. The van der Waals surface area contributed by atoms with Crippen molar-refractivity contribution in [2.24, 2.45) is 0 Å². The third kappa shape index (κ3) is 5.28. The van der Waals surface area contributed by atoms with Crippen molar-refractivity contribution in [3.63, 3.8) is 0 Å². The molecule has 0 saturated heterocycles. The molecule has 0 spiro atoms. The van der Waals surface area contributed by atoms with Crippen LogP contribution in [0.3, 0.4) is 0 Å². The Morgan fingerprint density at radius 2 is 1.95 bits per heavy atom. The highest BCUT2D eigenvalue weighted by atomic mass is 32.2. The van der Waals surface area contributed by atoms with Gasteiger partial charge in [0.05, 0.1) is 11.0 Å². The highest BCUT2D eigenvalue weighted by molar-refractivity contribution is 7.91. The van der Waals surface area contributed by atoms with Crippen molar-refractivity contribution < 1.29 is 17.5 Å². The lowest BCUT2D eigenvalue weighted by atomic mass is 10.1. The minimum Gasteiger partial charge on any atom is -0.489 e. The summed E-state index contributed by atoms with van der Waals surface area (Å²) in [5.74, 6) is -0.500. The molecule has 0 amide bonds. The van der Waals surface area contributed by atoms with Crippen molar-refractivity contribution in [3.8, 4) is 5.75 Å². The Bertz CT molecular complexity index is 558. The number of halogens is 1. The molecule has 0 bridgehead atoms. The molecular weight excluding hydrogens is 293 g/mol. The highest BCUT2D eigenvalue weighted by Gasteiger charge is 2.16. The summed E-state index contributed by atoms with van der Waals surface area (Å²) in [6.45, 7) is 7.93. The fourth-order valence-corrected chi connectivity index (χ4v) is 2.62. The number of nitrogens with one attached hydrogen (secondary N) is 1. The molecule has 1 atom stereocenters. The first-order chi connectivity index (χ1) is 9.77. The number of sulfone groups is 1. The van der Waals surface area contributed by atoms with Crippen LogP contribution in [0.2, 0.25) is 0 Å². The summed E-state index contributed by atoms with van der Waals surface area (Å²) in [6.07, 6.45) is 0.